The molecule has 0 radical (unpaired) electrons. The number of carbonyl (C=O) groups is 2. The number of carbonyl (C=O) groups excluding carboxylic acids is 2. The number of nitrogens with two attached hydrogens (primary N) is 1. The molecule has 0 spiro atoms. The maximum atomic E-state index is 11.5. The van der Waals surface area contributed by atoms with Crippen LogP contribution in [0.25, 0.3) is 0 Å². The van der Waals surface area contributed by atoms with Crippen LogP contribution in [0, 0.1) is 5.41 Å². The third-order valence-corrected chi connectivity index (χ3v) is 3.50. The standard InChI is InChI=1S/C15H13Cl2N3O2/c1-8(21)13-5-12(17)7-20(14(13)18)6-9-2-10(15(19)22)4-11(16)3-9/h2-5,7,18H,6H2,1H3,(H2,19,22). The number of halogens is 2. The number of nitrogens with zero attached hydrogens (tertiary/aromatic N) is 1. The van der Waals surface area contributed by atoms with E-state index < -0.39 is 5.91 Å². The number of nitrogens with one attached hydrogen (secondary N) is 1. The lowest BCUT2D eigenvalue weighted by atomic mass is 10.1. The van der Waals surface area contributed by atoms with Crippen LogP contribution >= 0.6 is 23.2 Å². The molecule has 0 aliphatic rings. The van der Waals surface area contributed by atoms with Crippen molar-refractivity contribution in [1.29, 1.82) is 5.41 Å². The second-order valence-electron chi connectivity index (χ2n) is 4.82. The van der Waals surface area contributed by atoms with Crippen LogP contribution in [0.1, 0.15) is 33.2 Å². The van der Waals surface area contributed by atoms with Gasteiger partial charge < -0.3 is 10.3 Å². The van der Waals surface area contributed by atoms with E-state index in [2.05, 4.69) is 0 Å². The van der Waals surface area contributed by atoms with Gasteiger partial charge in [0, 0.05) is 23.3 Å². The highest BCUT2D eigenvalue weighted by Crippen LogP contribution is 2.16. The molecule has 2 aromatic rings. The molecule has 0 aliphatic carbocycles. The number of ketones is 1. The number of pyridine rings is 1. The average molecular weight is 338 g/mol. The van der Waals surface area contributed by atoms with Gasteiger partial charge >= 0.3 is 0 Å². The number of rotatable bonds is 4. The fourth-order valence-electron chi connectivity index (χ4n) is 2.09. The predicted octanol–water partition coefficient (Wildman–Crippen LogP) is 2.62. The lowest BCUT2D eigenvalue weighted by Crippen LogP contribution is -2.26. The predicted molar refractivity (Wildman–Crippen MR) is 84.4 cm³/mol. The Morgan fingerprint density at radius 3 is 2.45 bits per heavy atom. The van der Waals surface area contributed by atoms with Gasteiger partial charge in [0.15, 0.2) is 5.78 Å². The van der Waals surface area contributed by atoms with Crippen LogP contribution in [0.15, 0.2) is 30.5 Å². The lowest BCUT2D eigenvalue weighted by Gasteiger charge is -2.11. The first kappa shape index (κ1) is 16.3. The van der Waals surface area contributed by atoms with Gasteiger partial charge in [-0.05, 0) is 36.8 Å². The molecule has 1 amide bonds. The zero-order valence-electron chi connectivity index (χ0n) is 11.7. The number of primary amides is 1. The number of hydrogen-bond acceptors (Lipinski definition) is 3. The molecule has 0 bridgehead atoms. The van der Waals surface area contributed by atoms with Crippen LogP contribution < -0.4 is 11.2 Å². The molecule has 1 aromatic carbocycles. The van der Waals surface area contributed by atoms with E-state index in [1.807, 2.05) is 0 Å². The first-order valence-electron chi connectivity index (χ1n) is 6.32. The van der Waals surface area contributed by atoms with Crippen molar-refractivity contribution in [1.82, 2.24) is 4.57 Å². The minimum Gasteiger partial charge on any atom is -0.366 e. The molecule has 3 N–H and O–H groups in total. The molecule has 0 saturated heterocycles. The number of benzene rings is 1. The highest BCUT2D eigenvalue weighted by atomic mass is 35.5. The van der Waals surface area contributed by atoms with Crippen LogP contribution in [-0.4, -0.2) is 16.3 Å². The molecule has 0 aliphatic heterocycles. The Kier molecular flexibility index (Phi) is 4.68. The Morgan fingerprint density at radius 1 is 1.18 bits per heavy atom. The van der Waals surface area contributed by atoms with Gasteiger partial charge in [-0.15, -0.1) is 0 Å². The van der Waals surface area contributed by atoms with Crippen LogP contribution in [0.2, 0.25) is 10.0 Å². The summed E-state index contributed by atoms with van der Waals surface area (Å²) in [5.74, 6) is -0.833. The summed E-state index contributed by atoms with van der Waals surface area (Å²) in [6, 6.07) is 6.18. The summed E-state index contributed by atoms with van der Waals surface area (Å²) in [5, 5.41) is 8.79. The Hall–Kier alpha value is -2.11. The molecule has 0 saturated carbocycles. The molecule has 5 nitrogen and oxygen atoms in total. The lowest BCUT2D eigenvalue weighted by molar-refractivity contribution is 0.0995. The van der Waals surface area contributed by atoms with Crippen molar-refractivity contribution in [3.8, 4) is 0 Å². The van der Waals surface area contributed by atoms with Gasteiger partial charge in [-0.3, -0.25) is 15.0 Å². The molecule has 0 atom stereocenters. The van der Waals surface area contributed by atoms with Crippen molar-refractivity contribution in [3.63, 3.8) is 0 Å². The summed E-state index contributed by atoms with van der Waals surface area (Å²) in [6.07, 6.45) is 1.54. The zero-order chi connectivity index (χ0) is 16.4. The third-order valence-electron chi connectivity index (χ3n) is 3.08. The number of Topliss-reactive ketones (excluding diaryl/α,β-unsaturated/α-hetero) is 1. The Labute approximate surface area is 136 Å². The highest BCUT2D eigenvalue weighted by Gasteiger charge is 2.10. The third kappa shape index (κ3) is 3.55. The van der Waals surface area contributed by atoms with E-state index in [0.717, 1.165) is 0 Å². The quantitative estimate of drug-likeness (QED) is 0.839. The molecule has 7 heteroatoms. The summed E-state index contributed by atoms with van der Waals surface area (Å²) < 4.78 is 1.51. The van der Waals surface area contributed by atoms with Gasteiger partial charge in [-0.1, -0.05) is 23.2 Å². The van der Waals surface area contributed by atoms with Gasteiger partial charge in [0.2, 0.25) is 5.91 Å². The average Bonchev–Trinajstić information content (AvgIpc) is 2.41. The van der Waals surface area contributed by atoms with Crippen molar-refractivity contribution >= 4 is 34.9 Å². The maximum Gasteiger partial charge on any atom is 0.248 e. The van der Waals surface area contributed by atoms with Gasteiger partial charge in [0.1, 0.15) is 5.49 Å². The summed E-state index contributed by atoms with van der Waals surface area (Å²) in [5.41, 5.74) is 6.48. The highest BCUT2D eigenvalue weighted by molar-refractivity contribution is 6.31. The van der Waals surface area contributed by atoms with Gasteiger partial charge in [0.25, 0.3) is 0 Å². The minimum atomic E-state index is -0.588. The van der Waals surface area contributed by atoms with Crippen molar-refractivity contribution in [2.45, 2.75) is 13.5 Å². The van der Waals surface area contributed by atoms with E-state index in [1.165, 1.54) is 23.6 Å². The molecular formula is C15H13Cl2N3O2. The molecule has 114 valence electrons. The Morgan fingerprint density at radius 2 is 1.86 bits per heavy atom. The van der Waals surface area contributed by atoms with Crippen LogP contribution in [0.3, 0.4) is 0 Å². The minimum absolute atomic E-state index is 0.0394. The molecule has 0 fully saturated rings. The largest absolute Gasteiger partial charge is 0.366 e. The molecule has 22 heavy (non-hydrogen) atoms. The Bertz CT molecular complexity index is 828. The van der Waals surface area contributed by atoms with E-state index in [-0.39, 0.29) is 28.9 Å². The van der Waals surface area contributed by atoms with Gasteiger partial charge in [-0.25, -0.2) is 0 Å². The number of aromatic nitrogens is 1. The first-order chi connectivity index (χ1) is 10.3. The van der Waals surface area contributed by atoms with Crippen LogP contribution in [0.4, 0.5) is 0 Å². The Balaban J connectivity index is 2.50. The zero-order valence-corrected chi connectivity index (χ0v) is 13.2. The molecule has 0 unspecified atom stereocenters. The van der Waals surface area contributed by atoms with E-state index in [1.54, 1.807) is 18.3 Å². The fraction of sp³-hybridized carbons (Fsp3) is 0.133. The molecule has 1 heterocycles. The van der Waals surface area contributed by atoms with Gasteiger partial charge in [-0.2, -0.15) is 0 Å². The summed E-state index contributed by atoms with van der Waals surface area (Å²) in [6.45, 7) is 1.61. The topological polar surface area (TPSA) is 88.9 Å². The monoisotopic (exact) mass is 337 g/mol. The molecule has 1 aromatic heterocycles. The van der Waals surface area contributed by atoms with Crippen molar-refractivity contribution in [3.05, 3.63) is 62.7 Å². The van der Waals surface area contributed by atoms with E-state index >= 15 is 0 Å². The van der Waals surface area contributed by atoms with Crippen molar-refractivity contribution in [2.75, 3.05) is 0 Å². The van der Waals surface area contributed by atoms with E-state index in [4.69, 9.17) is 34.3 Å². The second-order valence-corrected chi connectivity index (χ2v) is 5.69. The van der Waals surface area contributed by atoms with Gasteiger partial charge in [0.05, 0.1) is 10.6 Å². The van der Waals surface area contributed by atoms with Crippen LogP contribution in [-0.2, 0) is 6.54 Å². The summed E-state index contributed by atoms with van der Waals surface area (Å²) in [4.78, 5) is 22.8. The smallest absolute Gasteiger partial charge is 0.248 e. The number of hydrogen-bond donors (Lipinski definition) is 2. The van der Waals surface area contributed by atoms with E-state index in [0.29, 0.717) is 15.6 Å². The number of amides is 1. The molecule has 2 rings (SSSR count). The van der Waals surface area contributed by atoms with Crippen molar-refractivity contribution in [2.24, 2.45) is 5.73 Å². The second kappa shape index (κ2) is 6.34. The normalized spacial score (nSPS) is 10.5. The maximum absolute atomic E-state index is 11.5. The van der Waals surface area contributed by atoms with Crippen LogP contribution in [0.5, 0.6) is 0 Å². The molecular weight excluding hydrogens is 325 g/mol. The summed E-state index contributed by atoms with van der Waals surface area (Å²) in [7, 11) is 0. The van der Waals surface area contributed by atoms with E-state index in [9.17, 15) is 9.59 Å². The summed E-state index contributed by atoms with van der Waals surface area (Å²) >= 11 is 12.0. The van der Waals surface area contributed by atoms with Crippen molar-refractivity contribution < 1.29 is 9.59 Å². The first-order valence-corrected chi connectivity index (χ1v) is 7.08. The SMILES string of the molecule is CC(=O)c1cc(Cl)cn(Cc2cc(Cl)cc(C(N)=O)c2)c1=N. The fourth-order valence-corrected chi connectivity index (χ4v) is 2.57.